The molecule has 0 aliphatic heterocycles. The second-order valence-corrected chi connectivity index (χ2v) is 10.9. The first kappa shape index (κ1) is 24.4. The minimum absolute atomic E-state index is 0.0940. The Morgan fingerprint density at radius 2 is 1.81 bits per heavy atom. The van der Waals surface area contributed by atoms with Gasteiger partial charge in [-0.25, -0.2) is 21.9 Å². The van der Waals surface area contributed by atoms with E-state index in [9.17, 15) is 17.5 Å². The van der Waals surface area contributed by atoms with Crippen molar-refractivity contribution < 1.29 is 27.0 Å². The average Bonchev–Trinajstić information content (AvgIpc) is 2.65. The number of hydrogen-bond donors (Lipinski definition) is 0. The van der Waals surface area contributed by atoms with E-state index in [1.54, 1.807) is 45.0 Å². The Hall–Kier alpha value is -2.82. The van der Waals surface area contributed by atoms with E-state index in [-0.39, 0.29) is 34.8 Å². The highest BCUT2D eigenvalue weighted by Gasteiger charge is 2.43. The van der Waals surface area contributed by atoms with Crippen LogP contribution < -0.4 is 13.8 Å². The molecule has 8 nitrogen and oxygen atoms in total. The maximum atomic E-state index is 13.8. The topological polar surface area (TPSA) is 114 Å². The zero-order chi connectivity index (χ0) is 23.4. The Morgan fingerprint density at radius 1 is 1.16 bits per heavy atom. The number of benzene rings is 2. The third kappa shape index (κ3) is 5.46. The molecule has 0 saturated heterocycles. The van der Waals surface area contributed by atoms with Crippen molar-refractivity contribution >= 4 is 23.4 Å². The number of sulfonamides is 1. The van der Waals surface area contributed by atoms with Gasteiger partial charge in [0.2, 0.25) is 0 Å². The van der Waals surface area contributed by atoms with Gasteiger partial charge in [-0.2, -0.15) is 5.26 Å². The van der Waals surface area contributed by atoms with Crippen LogP contribution in [0, 0.1) is 18.3 Å². The smallest absolute Gasteiger partial charge is 0.342 e. The number of anilines is 1. The molecule has 0 fully saturated rings. The average molecular weight is 464 g/mol. The maximum absolute atomic E-state index is 13.8. The second-order valence-electron chi connectivity index (χ2n) is 7.59. The lowest BCUT2D eigenvalue weighted by molar-refractivity contribution is 0.236. The molecule has 0 radical (unpaired) electrons. The van der Waals surface area contributed by atoms with Crippen molar-refractivity contribution in [3.63, 3.8) is 0 Å². The van der Waals surface area contributed by atoms with Gasteiger partial charge in [0.25, 0.3) is 10.0 Å². The molecule has 0 amide bonds. The summed E-state index contributed by atoms with van der Waals surface area (Å²) >= 11 is 0. The van der Waals surface area contributed by atoms with Crippen LogP contribution in [-0.4, -0.2) is 26.4 Å². The van der Waals surface area contributed by atoms with Gasteiger partial charge >= 0.3 is 7.68 Å². The molecule has 31 heavy (non-hydrogen) atoms. The third-order valence-electron chi connectivity index (χ3n) is 4.25. The monoisotopic (exact) mass is 464 g/mol. The van der Waals surface area contributed by atoms with E-state index in [1.807, 2.05) is 6.07 Å². The van der Waals surface area contributed by atoms with Gasteiger partial charge in [-0.1, -0.05) is 12.1 Å². The third-order valence-corrected chi connectivity index (χ3v) is 7.52. The fraction of sp³-hybridized carbons (Fsp3) is 0.381. The fourth-order valence-corrected chi connectivity index (χ4v) is 5.56. The van der Waals surface area contributed by atoms with Crippen molar-refractivity contribution in [2.75, 3.05) is 10.9 Å². The molecule has 2 rings (SSSR count). The summed E-state index contributed by atoms with van der Waals surface area (Å²) in [5, 5.41) is 6.98. The molecular formula is C21H25N2O6PS. The molecule has 0 bridgehead atoms. The van der Waals surface area contributed by atoms with E-state index < -0.39 is 23.0 Å². The first-order valence-electron chi connectivity index (χ1n) is 9.48. The van der Waals surface area contributed by atoms with Gasteiger partial charge in [0, 0.05) is 6.07 Å². The second kappa shape index (κ2) is 9.54. The van der Waals surface area contributed by atoms with Gasteiger partial charge in [-0.05, 0) is 64.4 Å². The van der Waals surface area contributed by atoms with Crippen molar-refractivity contribution in [2.45, 2.75) is 50.9 Å². The molecule has 0 atom stereocenters. The number of hydrogen-bond acceptors (Lipinski definition) is 7. The minimum Gasteiger partial charge on any atom is -0.490 e. The summed E-state index contributed by atoms with van der Waals surface area (Å²) in [5.41, 5.74) is 0.728. The van der Waals surface area contributed by atoms with Crippen LogP contribution in [0.25, 0.3) is 0 Å². The van der Waals surface area contributed by atoms with Crippen LogP contribution >= 0.6 is 7.68 Å². The summed E-state index contributed by atoms with van der Waals surface area (Å²) in [6.07, 6.45) is -0.293. The van der Waals surface area contributed by atoms with Crippen LogP contribution in [0.4, 0.5) is 5.69 Å². The molecular weight excluding hydrogens is 439 g/mol. The number of ether oxygens (including phenoxy) is 2. The van der Waals surface area contributed by atoms with E-state index in [2.05, 4.69) is 0 Å². The summed E-state index contributed by atoms with van der Waals surface area (Å²) in [4.78, 5) is -0.158. The molecule has 2 aromatic carbocycles. The normalized spacial score (nSPS) is 11.6. The van der Waals surface area contributed by atoms with E-state index in [0.29, 0.717) is 5.56 Å². The number of nitriles is 1. The Balaban J connectivity index is 2.78. The fourth-order valence-electron chi connectivity index (χ4n) is 2.98. The van der Waals surface area contributed by atoms with Crippen molar-refractivity contribution in [1.82, 2.24) is 0 Å². The van der Waals surface area contributed by atoms with Crippen molar-refractivity contribution in [3.8, 4) is 17.6 Å². The summed E-state index contributed by atoms with van der Waals surface area (Å²) < 4.78 is 63.8. The Kier molecular flexibility index (Phi) is 7.53. The molecule has 0 aliphatic rings. The standard InChI is InChI=1S/C21H25N2O6PS/c1-15(2)29-19-8-6-7-9-20(19)31(26,27)23(21(4,5)30(24)25)17-12-16(3)13-18(14-17)28-11-10-22/h6-9,12-15H,11H2,1-5H3. The van der Waals surface area contributed by atoms with E-state index >= 15 is 0 Å². The maximum Gasteiger partial charge on any atom is 0.342 e. The van der Waals surface area contributed by atoms with Crippen LogP contribution in [0.2, 0.25) is 0 Å². The minimum atomic E-state index is -4.38. The Morgan fingerprint density at radius 3 is 2.39 bits per heavy atom. The van der Waals surface area contributed by atoms with Gasteiger partial charge < -0.3 is 9.47 Å². The zero-order valence-corrected chi connectivity index (χ0v) is 19.7. The van der Waals surface area contributed by atoms with Crippen molar-refractivity contribution in [2.24, 2.45) is 0 Å². The van der Waals surface area contributed by atoms with Gasteiger partial charge in [0.1, 0.15) is 22.5 Å². The molecule has 2 aromatic rings. The summed E-state index contributed by atoms with van der Waals surface area (Å²) in [6.45, 7) is 7.62. The molecule has 10 heteroatoms. The van der Waals surface area contributed by atoms with E-state index in [1.165, 1.54) is 32.0 Å². The highest BCUT2D eigenvalue weighted by atomic mass is 32.2. The predicted octanol–water partition coefficient (Wildman–Crippen LogP) is 4.79. The van der Waals surface area contributed by atoms with Crippen LogP contribution in [0.15, 0.2) is 47.4 Å². The molecule has 0 N–H and O–H groups in total. The van der Waals surface area contributed by atoms with E-state index in [0.717, 1.165) is 4.31 Å². The number of para-hydroxylation sites is 1. The lowest BCUT2D eigenvalue weighted by Crippen LogP contribution is -2.45. The Bertz CT molecular complexity index is 1160. The molecule has 0 unspecified atom stereocenters. The first-order chi connectivity index (χ1) is 14.4. The quantitative estimate of drug-likeness (QED) is 0.490. The lowest BCUT2D eigenvalue weighted by Gasteiger charge is -2.34. The summed E-state index contributed by atoms with van der Waals surface area (Å²) in [5.74, 6) is 0.369. The lowest BCUT2D eigenvalue weighted by atomic mass is 10.2. The van der Waals surface area contributed by atoms with Crippen LogP contribution in [-0.2, 0) is 19.2 Å². The van der Waals surface area contributed by atoms with Crippen LogP contribution in [0.5, 0.6) is 11.5 Å². The Labute approximate surface area is 183 Å². The highest BCUT2D eigenvalue weighted by Crippen LogP contribution is 2.43. The molecule has 0 saturated carbocycles. The molecule has 0 heterocycles. The summed E-state index contributed by atoms with van der Waals surface area (Å²) in [7, 11) is -7.59. The van der Waals surface area contributed by atoms with Crippen molar-refractivity contribution in [1.29, 1.82) is 5.26 Å². The van der Waals surface area contributed by atoms with Gasteiger partial charge in [-0.3, -0.25) is 0 Å². The SMILES string of the molecule is Cc1cc(OCC#N)cc(N(C(C)(C)P(=O)=O)S(=O)(=O)c2ccccc2OC(C)C)c1. The predicted molar refractivity (Wildman–Crippen MR) is 117 cm³/mol. The highest BCUT2D eigenvalue weighted by molar-refractivity contribution is 7.93. The summed E-state index contributed by atoms with van der Waals surface area (Å²) in [6, 6.07) is 12.5. The first-order valence-corrected chi connectivity index (χ1v) is 12.1. The van der Waals surface area contributed by atoms with Crippen LogP contribution in [0.1, 0.15) is 33.3 Å². The van der Waals surface area contributed by atoms with E-state index in [4.69, 9.17) is 14.7 Å². The molecule has 0 aliphatic carbocycles. The van der Waals surface area contributed by atoms with Gasteiger partial charge in [-0.15, -0.1) is 0 Å². The van der Waals surface area contributed by atoms with Gasteiger partial charge in [0.05, 0.1) is 11.8 Å². The molecule has 166 valence electrons. The van der Waals surface area contributed by atoms with Crippen molar-refractivity contribution in [3.05, 3.63) is 48.0 Å². The van der Waals surface area contributed by atoms with Gasteiger partial charge in [0.15, 0.2) is 11.9 Å². The largest absolute Gasteiger partial charge is 0.490 e. The zero-order valence-electron chi connectivity index (χ0n) is 18.0. The molecule has 0 aromatic heterocycles. The number of nitrogens with zero attached hydrogens (tertiary/aromatic N) is 2. The van der Waals surface area contributed by atoms with Crippen LogP contribution in [0.3, 0.4) is 0 Å². The number of rotatable bonds is 9. The molecule has 0 spiro atoms. The number of aryl methyl sites for hydroxylation is 1.